The van der Waals surface area contributed by atoms with Crippen molar-refractivity contribution >= 4 is 33.4 Å². The van der Waals surface area contributed by atoms with Crippen LogP contribution >= 0.6 is 0 Å². The normalized spacial score (nSPS) is 11.8. The summed E-state index contributed by atoms with van der Waals surface area (Å²) in [6.45, 7) is 11.7. The van der Waals surface area contributed by atoms with Crippen LogP contribution in [0.1, 0.15) is 48.5 Å². The number of anilines is 2. The first-order valence-electron chi connectivity index (χ1n) is 10.8. The molecule has 170 valence electrons. The SMILES string of the molecule is COc1cc2c(cc1-c1c(C)noc1C)[nH]c1nc(C)nc(Nc3c(C)noc3C(C)C)c12. The average Bonchev–Trinajstić information content (AvgIpc) is 3.41. The van der Waals surface area contributed by atoms with Crippen molar-refractivity contribution in [1.29, 1.82) is 0 Å². The summed E-state index contributed by atoms with van der Waals surface area (Å²) < 4.78 is 16.7. The fourth-order valence-corrected chi connectivity index (χ4v) is 4.31. The molecule has 0 saturated heterocycles. The number of methoxy groups -OCH3 is 1. The van der Waals surface area contributed by atoms with E-state index < -0.39 is 0 Å². The summed E-state index contributed by atoms with van der Waals surface area (Å²) in [4.78, 5) is 12.8. The van der Waals surface area contributed by atoms with Crippen molar-refractivity contribution in [2.45, 2.75) is 47.5 Å². The fourth-order valence-electron chi connectivity index (χ4n) is 4.31. The molecule has 0 fully saturated rings. The van der Waals surface area contributed by atoms with Gasteiger partial charge in [0, 0.05) is 22.4 Å². The molecule has 5 rings (SSSR count). The zero-order valence-electron chi connectivity index (χ0n) is 19.7. The Morgan fingerprint density at radius 1 is 1.00 bits per heavy atom. The summed E-state index contributed by atoms with van der Waals surface area (Å²) in [6, 6.07) is 4.05. The predicted molar refractivity (Wildman–Crippen MR) is 126 cm³/mol. The van der Waals surface area contributed by atoms with Crippen molar-refractivity contribution in [3.05, 3.63) is 40.9 Å². The van der Waals surface area contributed by atoms with Crippen molar-refractivity contribution in [3.8, 4) is 16.9 Å². The van der Waals surface area contributed by atoms with Gasteiger partial charge in [-0.3, -0.25) is 0 Å². The Labute approximate surface area is 190 Å². The number of rotatable bonds is 5. The number of aromatic nitrogens is 5. The second-order valence-corrected chi connectivity index (χ2v) is 8.55. The molecule has 2 N–H and O–H groups in total. The Kier molecular flexibility index (Phi) is 4.84. The third-order valence-electron chi connectivity index (χ3n) is 5.84. The Morgan fingerprint density at radius 2 is 1.76 bits per heavy atom. The zero-order valence-corrected chi connectivity index (χ0v) is 19.7. The second kappa shape index (κ2) is 7.61. The molecule has 0 radical (unpaired) electrons. The van der Waals surface area contributed by atoms with E-state index >= 15 is 0 Å². The van der Waals surface area contributed by atoms with E-state index in [2.05, 4.69) is 39.4 Å². The highest BCUT2D eigenvalue weighted by Gasteiger charge is 2.22. The summed E-state index contributed by atoms with van der Waals surface area (Å²) in [5, 5.41) is 13.5. The molecule has 9 nitrogen and oxygen atoms in total. The van der Waals surface area contributed by atoms with Crippen LogP contribution in [0.15, 0.2) is 21.2 Å². The standard InChI is InChI=1S/C24H26N6O3/c1-10(2)22-21(12(4)30-33-22)28-24-20-15-9-18(31-7)16(19-11(3)29-32-13(19)5)8-17(15)27-23(20)25-14(6)26-24/h8-10H,1-7H3,(H2,25,26,27,28). The van der Waals surface area contributed by atoms with Crippen LogP contribution in [0.2, 0.25) is 0 Å². The minimum absolute atomic E-state index is 0.174. The van der Waals surface area contributed by atoms with Gasteiger partial charge < -0.3 is 24.1 Å². The van der Waals surface area contributed by atoms with Gasteiger partial charge in [0.05, 0.1) is 23.8 Å². The molecule has 0 unspecified atom stereocenters. The Morgan fingerprint density at radius 3 is 2.42 bits per heavy atom. The Balaban J connectivity index is 1.76. The summed E-state index contributed by atoms with van der Waals surface area (Å²) in [7, 11) is 1.66. The third-order valence-corrected chi connectivity index (χ3v) is 5.84. The first kappa shape index (κ1) is 21.0. The van der Waals surface area contributed by atoms with Crippen LogP contribution in [-0.4, -0.2) is 32.4 Å². The molecular formula is C24H26N6O3. The van der Waals surface area contributed by atoms with Gasteiger partial charge >= 0.3 is 0 Å². The highest BCUT2D eigenvalue weighted by Crippen LogP contribution is 2.41. The average molecular weight is 447 g/mol. The van der Waals surface area contributed by atoms with Crippen molar-refractivity contribution in [2.75, 3.05) is 12.4 Å². The van der Waals surface area contributed by atoms with Crippen LogP contribution < -0.4 is 10.1 Å². The van der Waals surface area contributed by atoms with Gasteiger partial charge in [0.1, 0.15) is 40.2 Å². The van der Waals surface area contributed by atoms with E-state index in [1.165, 1.54) is 0 Å². The first-order valence-corrected chi connectivity index (χ1v) is 10.8. The summed E-state index contributed by atoms with van der Waals surface area (Å²) >= 11 is 0. The maximum Gasteiger partial charge on any atom is 0.162 e. The summed E-state index contributed by atoms with van der Waals surface area (Å²) in [6.07, 6.45) is 0. The molecular weight excluding hydrogens is 420 g/mol. The lowest BCUT2D eigenvalue weighted by Gasteiger charge is -2.11. The van der Waals surface area contributed by atoms with Gasteiger partial charge in [0.25, 0.3) is 0 Å². The lowest BCUT2D eigenvalue weighted by atomic mass is 10.0. The molecule has 9 heteroatoms. The minimum atomic E-state index is 0.174. The second-order valence-electron chi connectivity index (χ2n) is 8.55. The number of fused-ring (bicyclic) bond motifs is 3. The molecule has 4 aromatic heterocycles. The van der Waals surface area contributed by atoms with E-state index in [9.17, 15) is 0 Å². The molecule has 5 aromatic rings. The lowest BCUT2D eigenvalue weighted by molar-refractivity contribution is 0.368. The van der Waals surface area contributed by atoms with E-state index in [0.717, 1.165) is 61.7 Å². The number of ether oxygens (including phenoxy) is 1. The quantitative estimate of drug-likeness (QED) is 0.345. The molecule has 0 spiro atoms. The molecule has 33 heavy (non-hydrogen) atoms. The van der Waals surface area contributed by atoms with Gasteiger partial charge in [-0.15, -0.1) is 0 Å². The molecule has 0 aliphatic carbocycles. The van der Waals surface area contributed by atoms with Gasteiger partial charge in [-0.1, -0.05) is 24.2 Å². The fraction of sp³-hybridized carbons (Fsp3) is 0.333. The van der Waals surface area contributed by atoms with Crippen molar-refractivity contribution in [2.24, 2.45) is 0 Å². The number of aromatic amines is 1. The number of hydrogen-bond donors (Lipinski definition) is 2. The topological polar surface area (TPSA) is 115 Å². The van der Waals surface area contributed by atoms with Gasteiger partial charge in [0.15, 0.2) is 5.76 Å². The molecule has 0 bridgehead atoms. The van der Waals surface area contributed by atoms with Gasteiger partial charge in [0.2, 0.25) is 0 Å². The van der Waals surface area contributed by atoms with Crippen LogP contribution in [0.25, 0.3) is 33.1 Å². The minimum Gasteiger partial charge on any atom is -0.496 e. The molecule has 0 saturated carbocycles. The maximum atomic E-state index is 5.78. The molecule has 0 atom stereocenters. The highest BCUT2D eigenvalue weighted by atomic mass is 16.5. The maximum absolute atomic E-state index is 5.78. The van der Waals surface area contributed by atoms with Crippen LogP contribution in [-0.2, 0) is 0 Å². The number of nitrogens with one attached hydrogen (secondary N) is 2. The molecule has 0 aliphatic rings. The van der Waals surface area contributed by atoms with E-state index in [-0.39, 0.29) is 5.92 Å². The van der Waals surface area contributed by atoms with Gasteiger partial charge in [-0.05, 0) is 39.8 Å². The first-order chi connectivity index (χ1) is 15.8. The largest absolute Gasteiger partial charge is 0.496 e. The van der Waals surface area contributed by atoms with Gasteiger partial charge in [-0.2, -0.15) is 0 Å². The Bertz CT molecular complexity index is 1490. The molecule has 1 aromatic carbocycles. The van der Waals surface area contributed by atoms with Gasteiger partial charge in [-0.25, -0.2) is 9.97 Å². The number of hydrogen-bond acceptors (Lipinski definition) is 8. The summed E-state index contributed by atoms with van der Waals surface area (Å²) in [5.41, 5.74) is 5.90. The Hall–Kier alpha value is -3.88. The zero-order chi connectivity index (χ0) is 23.4. The van der Waals surface area contributed by atoms with Crippen LogP contribution in [0.5, 0.6) is 5.75 Å². The number of nitrogens with zero attached hydrogens (tertiary/aromatic N) is 4. The van der Waals surface area contributed by atoms with E-state index in [4.69, 9.17) is 18.8 Å². The smallest absolute Gasteiger partial charge is 0.162 e. The van der Waals surface area contributed by atoms with Crippen molar-refractivity contribution in [3.63, 3.8) is 0 Å². The van der Waals surface area contributed by atoms with Crippen molar-refractivity contribution in [1.82, 2.24) is 25.3 Å². The van der Waals surface area contributed by atoms with E-state index in [1.807, 2.05) is 39.8 Å². The van der Waals surface area contributed by atoms with Crippen LogP contribution in [0.4, 0.5) is 11.5 Å². The molecule has 4 heterocycles. The number of H-pyrrole nitrogens is 1. The lowest BCUT2D eigenvalue weighted by Crippen LogP contribution is -2.01. The molecule has 0 aliphatic heterocycles. The van der Waals surface area contributed by atoms with Crippen molar-refractivity contribution < 1.29 is 13.8 Å². The highest BCUT2D eigenvalue weighted by molar-refractivity contribution is 6.13. The monoisotopic (exact) mass is 446 g/mol. The van der Waals surface area contributed by atoms with E-state index in [0.29, 0.717) is 17.4 Å². The predicted octanol–water partition coefficient (Wildman–Crippen LogP) is 5.86. The van der Waals surface area contributed by atoms with Crippen LogP contribution in [0.3, 0.4) is 0 Å². The van der Waals surface area contributed by atoms with Crippen LogP contribution in [0, 0.1) is 27.7 Å². The summed E-state index contributed by atoms with van der Waals surface area (Å²) in [5.74, 6) is 3.75. The molecule has 0 amide bonds. The van der Waals surface area contributed by atoms with E-state index in [1.54, 1.807) is 7.11 Å². The number of benzene rings is 1. The third kappa shape index (κ3) is 3.31. The number of aryl methyl sites for hydroxylation is 4.